The summed E-state index contributed by atoms with van der Waals surface area (Å²) in [7, 11) is -2.19. The predicted octanol–water partition coefficient (Wildman–Crippen LogP) is 0.751. The summed E-state index contributed by atoms with van der Waals surface area (Å²) >= 11 is 0. The number of primary sulfonamides is 1. The van der Waals surface area contributed by atoms with Gasteiger partial charge in [0.1, 0.15) is 0 Å². The molecule has 6 nitrogen and oxygen atoms in total. The molecule has 112 valence electrons. The monoisotopic (exact) mass is 300 g/mol. The molecule has 7 heteroatoms. The first-order chi connectivity index (χ1) is 9.27. The van der Waals surface area contributed by atoms with Gasteiger partial charge in [0.05, 0.1) is 11.5 Å². The molecule has 0 heterocycles. The fourth-order valence-electron chi connectivity index (χ4n) is 1.71. The number of nitrogens with two attached hydrogens (primary N) is 1. The molecule has 0 aliphatic heterocycles. The molecule has 0 aromatic heterocycles. The maximum absolute atomic E-state index is 12.2. The molecule has 1 aromatic rings. The Kier molecular flexibility index (Phi) is 5.67. The second kappa shape index (κ2) is 6.83. The highest BCUT2D eigenvalue weighted by molar-refractivity contribution is 7.89. The molecule has 0 fully saturated rings. The van der Waals surface area contributed by atoms with E-state index < -0.39 is 10.0 Å². The van der Waals surface area contributed by atoms with Crippen molar-refractivity contribution in [3.63, 3.8) is 0 Å². The summed E-state index contributed by atoms with van der Waals surface area (Å²) in [6, 6.07) is 4.47. The van der Waals surface area contributed by atoms with Crippen molar-refractivity contribution < 1.29 is 17.9 Å². The van der Waals surface area contributed by atoms with Crippen molar-refractivity contribution in [2.75, 3.05) is 26.8 Å². The molecule has 0 unspecified atom stereocenters. The third kappa shape index (κ3) is 4.29. The van der Waals surface area contributed by atoms with Crippen molar-refractivity contribution in [2.45, 2.75) is 18.7 Å². The smallest absolute Gasteiger partial charge is 0.253 e. The number of benzene rings is 1. The summed E-state index contributed by atoms with van der Waals surface area (Å²) in [5, 5.41) is 5.13. The number of sulfonamides is 1. The lowest BCUT2D eigenvalue weighted by atomic mass is 10.1. The van der Waals surface area contributed by atoms with E-state index in [-0.39, 0.29) is 10.8 Å². The highest BCUT2D eigenvalue weighted by atomic mass is 32.2. The van der Waals surface area contributed by atoms with Gasteiger partial charge >= 0.3 is 0 Å². The van der Waals surface area contributed by atoms with Gasteiger partial charge in [-0.2, -0.15) is 0 Å². The number of nitrogens with zero attached hydrogens (tertiary/aromatic N) is 1. The van der Waals surface area contributed by atoms with Gasteiger partial charge in [0.2, 0.25) is 10.0 Å². The number of hydrogen-bond donors (Lipinski definition) is 1. The fraction of sp³-hybridized carbons (Fsp3) is 0.462. The van der Waals surface area contributed by atoms with Crippen LogP contribution in [0.4, 0.5) is 0 Å². The van der Waals surface area contributed by atoms with E-state index in [0.29, 0.717) is 30.9 Å². The standard InChI is InChI=1S/C13H20N2O4S/c1-4-19-8-7-15(3)13(16)11-6-5-10(2)12(9-11)20(14,17)18/h5-6,9H,4,7-8H2,1-3H3,(H2,14,17,18). The van der Waals surface area contributed by atoms with Crippen LogP contribution in [0.3, 0.4) is 0 Å². The first-order valence-corrected chi connectivity index (χ1v) is 7.78. The molecule has 0 saturated heterocycles. The van der Waals surface area contributed by atoms with E-state index in [1.807, 2.05) is 6.92 Å². The molecule has 1 rings (SSSR count). The van der Waals surface area contributed by atoms with Crippen molar-refractivity contribution in [3.05, 3.63) is 29.3 Å². The third-order valence-electron chi connectivity index (χ3n) is 2.86. The molecule has 0 saturated carbocycles. The minimum Gasteiger partial charge on any atom is -0.380 e. The Labute approximate surface area is 119 Å². The Morgan fingerprint density at radius 2 is 2.05 bits per heavy atom. The summed E-state index contributed by atoms with van der Waals surface area (Å²) in [6.07, 6.45) is 0. The van der Waals surface area contributed by atoms with Crippen molar-refractivity contribution >= 4 is 15.9 Å². The van der Waals surface area contributed by atoms with E-state index >= 15 is 0 Å². The Bertz CT molecular complexity index is 584. The van der Waals surface area contributed by atoms with Crippen LogP contribution in [0.5, 0.6) is 0 Å². The van der Waals surface area contributed by atoms with Crippen LogP contribution in [-0.2, 0) is 14.8 Å². The lowest BCUT2D eigenvalue weighted by molar-refractivity contribution is 0.0709. The summed E-state index contributed by atoms with van der Waals surface area (Å²) in [4.78, 5) is 13.6. The van der Waals surface area contributed by atoms with E-state index in [4.69, 9.17) is 9.88 Å². The van der Waals surface area contributed by atoms with Crippen LogP contribution in [0.15, 0.2) is 23.1 Å². The zero-order valence-corrected chi connectivity index (χ0v) is 12.7. The fourth-order valence-corrected chi connectivity index (χ4v) is 2.52. The van der Waals surface area contributed by atoms with Gasteiger partial charge in [-0.15, -0.1) is 0 Å². The van der Waals surface area contributed by atoms with Gasteiger partial charge in [0.15, 0.2) is 0 Å². The van der Waals surface area contributed by atoms with Crippen molar-refractivity contribution in [1.29, 1.82) is 0 Å². The van der Waals surface area contributed by atoms with Gasteiger partial charge in [-0.05, 0) is 31.5 Å². The second-order valence-electron chi connectivity index (χ2n) is 4.45. The maximum Gasteiger partial charge on any atom is 0.253 e. The Morgan fingerprint density at radius 1 is 1.40 bits per heavy atom. The number of amides is 1. The number of hydrogen-bond acceptors (Lipinski definition) is 4. The molecule has 1 amide bonds. The van der Waals surface area contributed by atoms with Crippen LogP contribution in [0.2, 0.25) is 0 Å². The summed E-state index contributed by atoms with van der Waals surface area (Å²) in [6.45, 7) is 4.97. The van der Waals surface area contributed by atoms with Crippen LogP contribution >= 0.6 is 0 Å². The Morgan fingerprint density at radius 3 is 2.60 bits per heavy atom. The average molecular weight is 300 g/mol. The summed E-state index contributed by atoms with van der Waals surface area (Å²) in [5.74, 6) is -0.269. The molecule has 0 atom stereocenters. The van der Waals surface area contributed by atoms with Gasteiger partial charge in [0.25, 0.3) is 5.91 Å². The first-order valence-electron chi connectivity index (χ1n) is 6.24. The highest BCUT2D eigenvalue weighted by Crippen LogP contribution is 2.16. The largest absolute Gasteiger partial charge is 0.380 e. The number of likely N-dealkylation sites (N-methyl/N-ethyl adjacent to an activating group) is 1. The first kappa shape index (κ1) is 16.6. The maximum atomic E-state index is 12.2. The van der Waals surface area contributed by atoms with Crippen molar-refractivity contribution in [3.8, 4) is 0 Å². The SMILES string of the molecule is CCOCCN(C)C(=O)c1ccc(C)c(S(N)(=O)=O)c1. The Hall–Kier alpha value is -1.44. The van der Waals surface area contributed by atoms with Crippen LogP contribution in [-0.4, -0.2) is 46.0 Å². The molecule has 0 spiro atoms. The predicted molar refractivity (Wildman–Crippen MR) is 76.0 cm³/mol. The summed E-state index contributed by atoms with van der Waals surface area (Å²) in [5.41, 5.74) is 0.805. The molecular weight excluding hydrogens is 280 g/mol. The van der Waals surface area contributed by atoms with Crippen LogP contribution in [0.25, 0.3) is 0 Å². The lowest BCUT2D eigenvalue weighted by Gasteiger charge is -2.17. The van der Waals surface area contributed by atoms with E-state index in [1.54, 1.807) is 26.1 Å². The molecule has 1 aromatic carbocycles. The van der Waals surface area contributed by atoms with Gasteiger partial charge in [-0.3, -0.25) is 4.79 Å². The van der Waals surface area contributed by atoms with Crippen LogP contribution in [0, 0.1) is 6.92 Å². The van der Waals surface area contributed by atoms with Crippen LogP contribution in [0.1, 0.15) is 22.8 Å². The molecule has 0 aliphatic carbocycles. The van der Waals surface area contributed by atoms with Crippen molar-refractivity contribution in [2.24, 2.45) is 5.14 Å². The number of rotatable bonds is 6. The zero-order chi connectivity index (χ0) is 15.3. The second-order valence-corrected chi connectivity index (χ2v) is 5.98. The average Bonchev–Trinajstić information content (AvgIpc) is 2.37. The van der Waals surface area contributed by atoms with E-state index in [0.717, 1.165) is 0 Å². The lowest BCUT2D eigenvalue weighted by Crippen LogP contribution is -2.30. The van der Waals surface area contributed by atoms with Gasteiger partial charge in [-0.1, -0.05) is 6.07 Å². The zero-order valence-electron chi connectivity index (χ0n) is 11.9. The molecule has 0 aliphatic rings. The van der Waals surface area contributed by atoms with Crippen molar-refractivity contribution in [1.82, 2.24) is 4.90 Å². The van der Waals surface area contributed by atoms with E-state index in [2.05, 4.69) is 0 Å². The number of carbonyl (C=O) groups excluding carboxylic acids is 1. The highest BCUT2D eigenvalue weighted by Gasteiger charge is 2.17. The Balaban J connectivity index is 2.94. The topological polar surface area (TPSA) is 89.7 Å². The van der Waals surface area contributed by atoms with Gasteiger partial charge < -0.3 is 9.64 Å². The van der Waals surface area contributed by atoms with Crippen LogP contribution < -0.4 is 5.14 Å². The number of carbonyl (C=O) groups is 1. The van der Waals surface area contributed by atoms with E-state index in [1.165, 1.54) is 11.0 Å². The minimum atomic E-state index is -3.83. The van der Waals surface area contributed by atoms with E-state index in [9.17, 15) is 13.2 Å². The normalized spacial score (nSPS) is 11.4. The molecule has 20 heavy (non-hydrogen) atoms. The molecule has 0 radical (unpaired) electrons. The molecule has 0 bridgehead atoms. The third-order valence-corrected chi connectivity index (χ3v) is 3.92. The number of ether oxygens (including phenoxy) is 1. The number of aryl methyl sites for hydroxylation is 1. The van der Waals surface area contributed by atoms with Gasteiger partial charge in [0, 0.05) is 25.8 Å². The van der Waals surface area contributed by atoms with Gasteiger partial charge in [-0.25, -0.2) is 13.6 Å². The molecule has 2 N–H and O–H groups in total. The molecular formula is C13H20N2O4S. The summed E-state index contributed by atoms with van der Waals surface area (Å²) < 4.78 is 28.1. The quantitative estimate of drug-likeness (QED) is 0.785. The minimum absolute atomic E-state index is 0.0263.